The summed E-state index contributed by atoms with van der Waals surface area (Å²) in [5.41, 5.74) is 1.24. The van der Waals surface area contributed by atoms with E-state index < -0.39 is 10.1 Å². The van der Waals surface area contributed by atoms with Crippen molar-refractivity contribution in [2.45, 2.75) is 95.8 Å². The van der Waals surface area contributed by atoms with Gasteiger partial charge in [0.05, 0.1) is 11.5 Å². The third-order valence-corrected chi connectivity index (χ3v) is 6.10. The predicted octanol–water partition coefficient (Wildman–Crippen LogP) is 6.44. The number of benzene rings is 1. The van der Waals surface area contributed by atoms with Gasteiger partial charge >= 0.3 is 0 Å². The molecule has 144 valence electrons. The van der Waals surface area contributed by atoms with E-state index in [1.807, 2.05) is 19.1 Å². The van der Waals surface area contributed by atoms with Crippen LogP contribution in [0.15, 0.2) is 29.2 Å². The molecule has 0 radical (unpaired) electrons. The zero-order chi connectivity index (χ0) is 18.5. The normalized spacial score (nSPS) is 13.1. The lowest BCUT2D eigenvalue weighted by atomic mass is 9.91. The van der Waals surface area contributed by atoms with Crippen molar-refractivity contribution in [1.82, 2.24) is 0 Å². The van der Waals surface area contributed by atoms with E-state index in [0.29, 0.717) is 5.92 Å². The van der Waals surface area contributed by atoms with Crippen LogP contribution in [0.5, 0.6) is 0 Å². The lowest BCUT2D eigenvalue weighted by Crippen LogP contribution is -2.08. The first-order valence-electron chi connectivity index (χ1n) is 10.0. The van der Waals surface area contributed by atoms with Crippen molar-refractivity contribution < 1.29 is 12.6 Å². The average Bonchev–Trinajstić information content (AvgIpc) is 2.61. The molecule has 0 fully saturated rings. The Morgan fingerprint density at radius 3 is 2.04 bits per heavy atom. The molecule has 3 nitrogen and oxygen atoms in total. The van der Waals surface area contributed by atoms with Crippen LogP contribution in [0.1, 0.15) is 96.5 Å². The van der Waals surface area contributed by atoms with E-state index in [2.05, 4.69) is 13.8 Å². The minimum atomic E-state index is -3.61. The molecule has 0 aromatic heterocycles. The fraction of sp³-hybridized carbons (Fsp3) is 0.714. The third kappa shape index (κ3) is 8.37. The maximum absolute atomic E-state index is 12.1. The lowest BCUT2D eigenvalue weighted by molar-refractivity contribution is 0.311. The quantitative estimate of drug-likeness (QED) is 0.280. The van der Waals surface area contributed by atoms with Gasteiger partial charge < -0.3 is 0 Å². The first-order valence-corrected chi connectivity index (χ1v) is 11.4. The zero-order valence-corrected chi connectivity index (χ0v) is 17.1. The smallest absolute Gasteiger partial charge is 0.266 e. The average molecular weight is 369 g/mol. The molecule has 0 N–H and O–H groups in total. The number of hydrogen-bond acceptors (Lipinski definition) is 3. The van der Waals surface area contributed by atoms with Gasteiger partial charge in [0.25, 0.3) is 10.1 Å². The molecule has 1 atom stereocenters. The standard InChI is InChI=1S/C21H36O3S/c1-4-7-9-10-11-12-13-19(6-3)20-14-16-21(17-15-20)25(22,23)24-18-8-5-2/h14-17,19H,4-13,18H2,1-3H3. The van der Waals surface area contributed by atoms with Crippen molar-refractivity contribution in [3.05, 3.63) is 29.8 Å². The van der Waals surface area contributed by atoms with E-state index in [4.69, 9.17) is 4.18 Å². The van der Waals surface area contributed by atoms with Crippen molar-refractivity contribution in [3.63, 3.8) is 0 Å². The molecule has 25 heavy (non-hydrogen) atoms. The fourth-order valence-corrected chi connectivity index (χ4v) is 4.01. The predicted molar refractivity (Wildman–Crippen MR) is 106 cm³/mol. The molecule has 0 heterocycles. The van der Waals surface area contributed by atoms with Gasteiger partial charge in [0.15, 0.2) is 0 Å². The molecule has 0 bridgehead atoms. The van der Waals surface area contributed by atoms with Gasteiger partial charge in [-0.3, -0.25) is 4.18 Å². The van der Waals surface area contributed by atoms with Gasteiger partial charge in [-0.05, 0) is 42.9 Å². The Balaban J connectivity index is 2.54. The van der Waals surface area contributed by atoms with Crippen molar-refractivity contribution in [2.24, 2.45) is 0 Å². The van der Waals surface area contributed by atoms with E-state index >= 15 is 0 Å². The molecule has 0 aliphatic carbocycles. The van der Waals surface area contributed by atoms with Gasteiger partial charge in [-0.2, -0.15) is 8.42 Å². The summed E-state index contributed by atoms with van der Waals surface area (Å²) < 4.78 is 29.3. The van der Waals surface area contributed by atoms with Crippen LogP contribution in [-0.4, -0.2) is 15.0 Å². The Hall–Kier alpha value is -0.870. The summed E-state index contributed by atoms with van der Waals surface area (Å²) in [6, 6.07) is 7.31. The summed E-state index contributed by atoms with van der Waals surface area (Å²) in [5.74, 6) is 0.518. The van der Waals surface area contributed by atoms with Crippen LogP contribution in [0.25, 0.3) is 0 Å². The monoisotopic (exact) mass is 368 g/mol. The first kappa shape index (κ1) is 22.2. The molecule has 0 spiro atoms. The first-order chi connectivity index (χ1) is 12.0. The summed E-state index contributed by atoms with van der Waals surface area (Å²) in [5, 5.41) is 0. The van der Waals surface area contributed by atoms with E-state index in [9.17, 15) is 8.42 Å². The van der Waals surface area contributed by atoms with Gasteiger partial charge in [-0.15, -0.1) is 0 Å². The topological polar surface area (TPSA) is 43.4 Å². The highest BCUT2D eigenvalue weighted by atomic mass is 32.2. The van der Waals surface area contributed by atoms with Crippen molar-refractivity contribution >= 4 is 10.1 Å². The van der Waals surface area contributed by atoms with E-state index in [0.717, 1.165) is 19.3 Å². The molecule has 1 rings (SSSR count). The SMILES string of the molecule is CCCCCCCCC(CC)c1ccc(S(=O)(=O)OCCCC)cc1. The summed E-state index contributed by atoms with van der Waals surface area (Å²) in [6.07, 6.45) is 11.8. The van der Waals surface area contributed by atoms with E-state index in [-0.39, 0.29) is 11.5 Å². The maximum Gasteiger partial charge on any atom is 0.296 e. The molecule has 1 aromatic carbocycles. The van der Waals surface area contributed by atoms with Gasteiger partial charge in [0.2, 0.25) is 0 Å². The Morgan fingerprint density at radius 2 is 1.44 bits per heavy atom. The number of unbranched alkanes of at least 4 members (excludes halogenated alkanes) is 6. The molecule has 0 aliphatic rings. The van der Waals surface area contributed by atoms with Crippen LogP contribution in [0, 0.1) is 0 Å². The van der Waals surface area contributed by atoms with Crippen LogP contribution < -0.4 is 0 Å². The Labute approximate surface area is 155 Å². The van der Waals surface area contributed by atoms with Crippen LogP contribution >= 0.6 is 0 Å². The van der Waals surface area contributed by atoms with Crippen LogP contribution in [-0.2, 0) is 14.3 Å². The Kier molecular flexibility index (Phi) is 11.1. The third-order valence-electron chi connectivity index (χ3n) is 4.78. The lowest BCUT2D eigenvalue weighted by Gasteiger charge is -2.16. The van der Waals surface area contributed by atoms with Gasteiger partial charge in [-0.25, -0.2) is 0 Å². The highest BCUT2D eigenvalue weighted by molar-refractivity contribution is 7.86. The van der Waals surface area contributed by atoms with Crippen LogP contribution in [0.2, 0.25) is 0 Å². The second kappa shape index (κ2) is 12.5. The highest BCUT2D eigenvalue weighted by Crippen LogP contribution is 2.27. The van der Waals surface area contributed by atoms with E-state index in [1.165, 1.54) is 50.5 Å². The van der Waals surface area contributed by atoms with Crippen LogP contribution in [0.4, 0.5) is 0 Å². The molecular weight excluding hydrogens is 332 g/mol. The second-order valence-electron chi connectivity index (χ2n) is 6.86. The number of hydrogen-bond donors (Lipinski definition) is 0. The van der Waals surface area contributed by atoms with E-state index in [1.54, 1.807) is 12.1 Å². The summed E-state index contributed by atoms with van der Waals surface area (Å²) in [4.78, 5) is 0.266. The van der Waals surface area contributed by atoms with Gasteiger partial charge in [0, 0.05) is 0 Å². The summed E-state index contributed by atoms with van der Waals surface area (Å²) in [7, 11) is -3.61. The van der Waals surface area contributed by atoms with Crippen molar-refractivity contribution in [2.75, 3.05) is 6.61 Å². The van der Waals surface area contributed by atoms with Crippen molar-refractivity contribution in [1.29, 1.82) is 0 Å². The second-order valence-corrected chi connectivity index (χ2v) is 8.48. The molecule has 0 saturated carbocycles. The molecule has 0 aliphatic heterocycles. The number of rotatable bonds is 14. The molecule has 1 unspecified atom stereocenters. The highest BCUT2D eigenvalue weighted by Gasteiger charge is 2.16. The Morgan fingerprint density at radius 1 is 0.840 bits per heavy atom. The summed E-state index contributed by atoms with van der Waals surface area (Å²) in [6.45, 7) is 6.72. The molecule has 1 aromatic rings. The van der Waals surface area contributed by atoms with Gasteiger partial charge in [-0.1, -0.05) is 77.8 Å². The van der Waals surface area contributed by atoms with Crippen LogP contribution in [0.3, 0.4) is 0 Å². The molecule has 0 saturated heterocycles. The fourth-order valence-electron chi connectivity index (χ4n) is 3.07. The maximum atomic E-state index is 12.1. The molecular formula is C21H36O3S. The largest absolute Gasteiger partial charge is 0.296 e. The molecule has 4 heteroatoms. The zero-order valence-electron chi connectivity index (χ0n) is 16.3. The molecule has 0 amide bonds. The summed E-state index contributed by atoms with van der Waals surface area (Å²) >= 11 is 0. The van der Waals surface area contributed by atoms with Crippen molar-refractivity contribution in [3.8, 4) is 0 Å². The minimum absolute atomic E-state index is 0.260. The Bertz CT molecular complexity index is 549. The minimum Gasteiger partial charge on any atom is -0.266 e. The van der Waals surface area contributed by atoms with Gasteiger partial charge in [0.1, 0.15) is 0 Å².